The Morgan fingerprint density at radius 1 is 1.50 bits per heavy atom. The van der Waals surface area contributed by atoms with Crippen LogP contribution in [0.3, 0.4) is 0 Å². The van der Waals surface area contributed by atoms with E-state index in [1.807, 2.05) is 0 Å². The third kappa shape index (κ3) is 3.52. The second kappa shape index (κ2) is 4.63. The number of ether oxygens (including phenoxy) is 1. The number of carbonyl (C=O) groups is 1. The Kier molecular flexibility index (Phi) is 3.73. The van der Waals surface area contributed by atoms with Crippen LogP contribution in [0.4, 0.5) is 0 Å². The molecule has 2 nitrogen and oxygen atoms in total. The maximum Gasteiger partial charge on any atom is 0.306 e. The molecule has 0 aromatic carbocycles. The Hall–Kier alpha value is -0.790. The lowest BCUT2D eigenvalue weighted by atomic mass is 9.86. The van der Waals surface area contributed by atoms with E-state index in [0.29, 0.717) is 18.9 Å². The molecule has 1 unspecified atom stereocenters. The summed E-state index contributed by atoms with van der Waals surface area (Å²) < 4.78 is 4.97. The second-order valence-corrected chi connectivity index (χ2v) is 4.95. The maximum absolute atomic E-state index is 11.0. The van der Waals surface area contributed by atoms with Gasteiger partial charge in [-0.05, 0) is 18.8 Å². The number of esters is 1. The molecule has 80 valence electrons. The molecular weight excluding hydrogens is 176 g/mol. The van der Waals surface area contributed by atoms with Gasteiger partial charge in [0.05, 0.1) is 13.0 Å². The average molecular weight is 196 g/mol. The fourth-order valence-corrected chi connectivity index (χ4v) is 1.57. The van der Waals surface area contributed by atoms with E-state index in [4.69, 9.17) is 4.74 Å². The fourth-order valence-electron chi connectivity index (χ4n) is 1.57. The standard InChI is InChI=1S/C12H20O2/c1-10(2)6-4-5-7-12(3)8-11(13)14-9-12/h4-5,10H,6-9H2,1-3H3/b5-4-. The van der Waals surface area contributed by atoms with E-state index in [1.165, 1.54) is 0 Å². The number of hydrogen-bond acceptors (Lipinski definition) is 2. The van der Waals surface area contributed by atoms with Crippen molar-refractivity contribution in [2.75, 3.05) is 6.61 Å². The minimum atomic E-state index is -0.0511. The maximum atomic E-state index is 11.0. The van der Waals surface area contributed by atoms with Gasteiger partial charge < -0.3 is 4.74 Å². The molecule has 1 aliphatic rings. The zero-order valence-corrected chi connectivity index (χ0v) is 9.38. The molecule has 0 amide bonds. The van der Waals surface area contributed by atoms with Gasteiger partial charge in [-0.15, -0.1) is 0 Å². The minimum Gasteiger partial charge on any atom is -0.465 e. The van der Waals surface area contributed by atoms with Crippen LogP contribution < -0.4 is 0 Å². The molecule has 1 aliphatic heterocycles. The van der Waals surface area contributed by atoms with Gasteiger partial charge in [0.25, 0.3) is 0 Å². The van der Waals surface area contributed by atoms with Crippen LogP contribution in [-0.2, 0) is 9.53 Å². The zero-order chi connectivity index (χ0) is 10.6. The molecule has 0 N–H and O–H groups in total. The molecule has 1 fully saturated rings. The van der Waals surface area contributed by atoms with Crippen LogP contribution in [0.15, 0.2) is 12.2 Å². The smallest absolute Gasteiger partial charge is 0.306 e. The molecule has 0 radical (unpaired) electrons. The van der Waals surface area contributed by atoms with Crippen molar-refractivity contribution >= 4 is 5.97 Å². The molecular formula is C12H20O2. The number of allylic oxidation sites excluding steroid dienone is 2. The number of cyclic esters (lactones) is 1. The first-order valence-corrected chi connectivity index (χ1v) is 5.32. The van der Waals surface area contributed by atoms with Crippen molar-refractivity contribution in [2.45, 2.75) is 40.0 Å². The molecule has 1 saturated heterocycles. The van der Waals surface area contributed by atoms with Gasteiger partial charge in [-0.3, -0.25) is 4.79 Å². The van der Waals surface area contributed by atoms with Crippen molar-refractivity contribution in [1.29, 1.82) is 0 Å². The lowest BCUT2D eigenvalue weighted by molar-refractivity contribution is -0.137. The molecule has 0 spiro atoms. The SMILES string of the molecule is CC(C)C/C=C\CC1(C)COC(=O)C1. The van der Waals surface area contributed by atoms with Gasteiger partial charge in [0.15, 0.2) is 0 Å². The van der Waals surface area contributed by atoms with Crippen LogP contribution in [0.2, 0.25) is 0 Å². The van der Waals surface area contributed by atoms with Gasteiger partial charge in [0, 0.05) is 5.41 Å². The van der Waals surface area contributed by atoms with E-state index < -0.39 is 0 Å². The van der Waals surface area contributed by atoms with Crippen molar-refractivity contribution in [1.82, 2.24) is 0 Å². The molecule has 14 heavy (non-hydrogen) atoms. The van der Waals surface area contributed by atoms with Crippen LogP contribution in [0.1, 0.15) is 40.0 Å². The van der Waals surface area contributed by atoms with Crippen LogP contribution in [0.25, 0.3) is 0 Å². The molecule has 0 saturated carbocycles. The first-order chi connectivity index (χ1) is 6.52. The average Bonchev–Trinajstić information content (AvgIpc) is 2.41. The van der Waals surface area contributed by atoms with Crippen molar-refractivity contribution in [2.24, 2.45) is 11.3 Å². The molecule has 0 aliphatic carbocycles. The Balaban J connectivity index is 2.30. The molecule has 0 aromatic rings. The van der Waals surface area contributed by atoms with Crippen molar-refractivity contribution in [3.05, 3.63) is 12.2 Å². The van der Waals surface area contributed by atoms with Gasteiger partial charge in [0.1, 0.15) is 0 Å². The first kappa shape index (κ1) is 11.3. The highest BCUT2D eigenvalue weighted by Crippen LogP contribution is 2.32. The van der Waals surface area contributed by atoms with Crippen LogP contribution in [0.5, 0.6) is 0 Å². The van der Waals surface area contributed by atoms with Crippen LogP contribution in [0, 0.1) is 11.3 Å². The third-order valence-corrected chi connectivity index (χ3v) is 2.54. The van der Waals surface area contributed by atoms with Crippen LogP contribution in [-0.4, -0.2) is 12.6 Å². The summed E-state index contributed by atoms with van der Waals surface area (Å²) >= 11 is 0. The summed E-state index contributed by atoms with van der Waals surface area (Å²) in [6, 6.07) is 0. The summed E-state index contributed by atoms with van der Waals surface area (Å²) in [4.78, 5) is 11.0. The van der Waals surface area contributed by atoms with Gasteiger partial charge in [0.2, 0.25) is 0 Å². The second-order valence-electron chi connectivity index (χ2n) is 4.95. The van der Waals surface area contributed by atoms with Gasteiger partial charge in [-0.1, -0.05) is 32.9 Å². The van der Waals surface area contributed by atoms with Crippen LogP contribution >= 0.6 is 0 Å². The summed E-state index contributed by atoms with van der Waals surface area (Å²) in [6.07, 6.45) is 7.02. The number of rotatable bonds is 4. The summed E-state index contributed by atoms with van der Waals surface area (Å²) in [5.41, 5.74) is 0.0462. The Labute approximate surface area is 86.3 Å². The highest BCUT2D eigenvalue weighted by molar-refractivity contribution is 5.72. The van der Waals surface area contributed by atoms with Crippen molar-refractivity contribution in [3.8, 4) is 0 Å². The number of carbonyl (C=O) groups excluding carboxylic acids is 1. The summed E-state index contributed by atoms with van der Waals surface area (Å²) in [5.74, 6) is 0.658. The van der Waals surface area contributed by atoms with E-state index in [2.05, 4.69) is 32.9 Å². The molecule has 1 atom stereocenters. The summed E-state index contributed by atoms with van der Waals surface area (Å²) in [5, 5.41) is 0. The van der Waals surface area contributed by atoms with E-state index >= 15 is 0 Å². The first-order valence-electron chi connectivity index (χ1n) is 5.32. The Bertz CT molecular complexity index is 230. The molecule has 1 rings (SSSR count). The summed E-state index contributed by atoms with van der Waals surface area (Å²) in [7, 11) is 0. The molecule has 1 heterocycles. The predicted molar refractivity (Wildman–Crippen MR) is 56.9 cm³/mol. The highest BCUT2D eigenvalue weighted by atomic mass is 16.5. The zero-order valence-electron chi connectivity index (χ0n) is 9.38. The topological polar surface area (TPSA) is 26.3 Å². The van der Waals surface area contributed by atoms with E-state index in [0.717, 1.165) is 12.8 Å². The van der Waals surface area contributed by atoms with Crippen molar-refractivity contribution in [3.63, 3.8) is 0 Å². The van der Waals surface area contributed by atoms with E-state index in [1.54, 1.807) is 0 Å². The van der Waals surface area contributed by atoms with Gasteiger partial charge >= 0.3 is 5.97 Å². The van der Waals surface area contributed by atoms with Crippen molar-refractivity contribution < 1.29 is 9.53 Å². The number of hydrogen-bond donors (Lipinski definition) is 0. The Morgan fingerprint density at radius 2 is 2.21 bits per heavy atom. The Morgan fingerprint density at radius 3 is 2.71 bits per heavy atom. The lowest BCUT2D eigenvalue weighted by Crippen LogP contribution is -2.14. The minimum absolute atomic E-state index is 0.0462. The lowest BCUT2D eigenvalue weighted by Gasteiger charge is -2.16. The third-order valence-electron chi connectivity index (χ3n) is 2.54. The van der Waals surface area contributed by atoms with E-state index in [9.17, 15) is 4.79 Å². The molecule has 0 aromatic heterocycles. The normalized spacial score (nSPS) is 27.6. The van der Waals surface area contributed by atoms with Gasteiger partial charge in [-0.2, -0.15) is 0 Å². The largest absolute Gasteiger partial charge is 0.465 e. The molecule has 0 bridgehead atoms. The molecule has 2 heteroatoms. The van der Waals surface area contributed by atoms with Gasteiger partial charge in [-0.25, -0.2) is 0 Å². The highest BCUT2D eigenvalue weighted by Gasteiger charge is 2.34. The fraction of sp³-hybridized carbons (Fsp3) is 0.750. The quantitative estimate of drug-likeness (QED) is 0.510. The van der Waals surface area contributed by atoms with E-state index in [-0.39, 0.29) is 11.4 Å². The summed E-state index contributed by atoms with van der Waals surface area (Å²) in [6.45, 7) is 7.10. The predicted octanol–water partition coefficient (Wildman–Crippen LogP) is 2.93. The monoisotopic (exact) mass is 196 g/mol.